The van der Waals surface area contributed by atoms with E-state index in [1.807, 2.05) is 49.1 Å². The average molecular weight is 437 g/mol. The molecule has 2 aromatic heterocycles. The molecule has 3 aromatic rings. The summed E-state index contributed by atoms with van der Waals surface area (Å²) >= 11 is 0. The molecule has 0 unspecified atom stereocenters. The van der Waals surface area contributed by atoms with Crippen LogP contribution in [-0.4, -0.2) is 52.0 Å². The van der Waals surface area contributed by atoms with E-state index in [9.17, 15) is 9.59 Å². The maximum Gasteiger partial charge on any atom is 0.254 e. The zero-order chi connectivity index (χ0) is 22.5. The number of carbonyl (C=O) groups is 1. The van der Waals surface area contributed by atoms with Crippen molar-refractivity contribution in [1.29, 1.82) is 0 Å². The number of H-pyrrole nitrogens is 1. The van der Waals surface area contributed by atoms with Crippen LogP contribution in [0.3, 0.4) is 0 Å². The number of amides is 1. The Balaban J connectivity index is 1.58. The number of benzene rings is 1. The molecule has 9 nitrogen and oxygen atoms in total. The lowest BCUT2D eigenvalue weighted by atomic mass is 10.0. The molecule has 1 amide bonds. The van der Waals surface area contributed by atoms with Crippen LogP contribution in [0.2, 0.25) is 0 Å². The number of rotatable bonds is 7. The van der Waals surface area contributed by atoms with Gasteiger partial charge in [0.2, 0.25) is 5.95 Å². The van der Waals surface area contributed by atoms with Gasteiger partial charge >= 0.3 is 0 Å². The third-order valence-corrected chi connectivity index (χ3v) is 5.41. The van der Waals surface area contributed by atoms with Crippen LogP contribution in [0, 0.1) is 0 Å². The van der Waals surface area contributed by atoms with Gasteiger partial charge < -0.3 is 15.0 Å². The van der Waals surface area contributed by atoms with Crippen molar-refractivity contribution < 1.29 is 9.53 Å². The highest BCUT2D eigenvalue weighted by atomic mass is 16.5. The van der Waals surface area contributed by atoms with Crippen molar-refractivity contribution in [2.75, 3.05) is 31.2 Å². The molecule has 3 heterocycles. The van der Waals surface area contributed by atoms with Gasteiger partial charge in [-0.15, -0.1) is 0 Å². The van der Waals surface area contributed by atoms with Crippen LogP contribution in [0.25, 0.3) is 0 Å². The van der Waals surface area contributed by atoms with E-state index in [0.29, 0.717) is 49.9 Å². The molecule has 1 aromatic carbocycles. The first-order valence-electron chi connectivity index (χ1n) is 10.8. The van der Waals surface area contributed by atoms with Crippen molar-refractivity contribution in [3.8, 4) is 0 Å². The maximum absolute atomic E-state index is 13.0. The van der Waals surface area contributed by atoms with Crippen molar-refractivity contribution in [2.45, 2.75) is 32.4 Å². The van der Waals surface area contributed by atoms with E-state index in [1.54, 1.807) is 17.1 Å². The van der Waals surface area contributed by atoms with Gasteiger partial charge in [-0.05, 0) is 19.4 Å². The molecule has 1 aliphatic heterocycles. The highest BCUT2D eigenvalue weighted by Crippen LogP contribution is 2.19. The molecular weight excluding hydrogens is 408 g/mol. The second-order valence-corrected chi connectivity index (χ2v) is 8.10. The van der Waals surface area contributed by atoms with Crippen LogP contribution in [0.15, 0.2) is 53.6 Å². The third-order valence-electron chi connectivity index (χ3n) is 5.41. The zero-order valence-electron chi connectivity index (χ0n) is 18.3. The lowest BCUT2D eigenvalue weighted by Gasteiger charge is -2.27. The Morgan fingerprint density at radius 2 is 1.97 bits per heavy atom. The predicted octanol–water partition coefficient (Wildman–Crippen LogP) is 2.10. The number of ether oxygens (including phenoxy) is 1. The second kappa shape index (κ2) is 9.78. The molecule has 1 fully saturated rings. The quantitative estimate of drug-likeness (QED) is 0.588. The smallest absolute Gasteiger partial charge is 0.254 e. The Hall–Kier alpha value is -3.46. The van der Waals surface area contributed by atoms with Crippen molar-refractivity contribution in [3.05, 3.63) is 76.0 Å². The number of aromatic nitrogens is 4. The Bertz CT molecular complexity index is 1100. The zero-order valence-corrected chi connectivity index (χ0v) is 18.3. The normalized spacial score (nSPS) is 15.0. The summed E-state index contributed by atoms with van der Waals surface area (Å²) in [7, 11) is 0. The molecule has 0 saturated carbocycles. The lowest BCUT2D eigenvalue weighted by Crippen LogP contribution is -2.38. The predicted molar refractivity (Wildman–Crippen MR) is 121 cm³/mol. The molecule has 32 heavy (non-hydrogen) atoms. The fourth-order valence-corrected chi connectivity index (χ4v) is 3.65. The van der Waals surface area contributed by atoms with E-state index in [-0.39, 0.29) is 23.6 Å². The number of nitrogens with zero attached hydrogens (tertiary/aromatic N) is 4. The minimum Gasteiger partial charge on any atom is -0.378 e. The number of hydrogen-bond donors (Lipinski definition) is 2. The number of aromatic amines is 1. The van der Waals surface area contributed by atoms with Crippen molar-refractivity contribution in [3.63, 3.8) is 0 Å². The molecule has 0 aliphatic carbocycles. The van der Waals surface area contributed by atoms with Gasteiger partial charge in [-0.3, -0.25) is 19.3 Å². The molecule has 1 atom stereocenters. The van der Waals surface area contributed by atoms with Gasteiger partial charge in [0, 0.05) is 37.8 Å². The summed E-state index contributed by atoms with van der Waals surface area (Å²) in [5.41, 5.74) is 1.83. The van der Waals surface area contributed by atoms with Crippen LogP contribution in [-0.2, 0) is 11.2 Å². The number of carbonyl (C=O) groups excluding carboxylic acids is 1. The van der Waals surface area contributed by atoms with Crippen molar-refractivity contribution in [2.24, 2.45) is 0 Å². The van der Waals surface area contributed by atoms with E-state index in [2.05, 4.69) is 20.4 Å². The van der Waals surface area contributed by atoms with Gasteiger partial charge in [0.05, 0.1) is 36.7 Å². The Morgan fingerprint density at radius 3 is 2.66 bits per heavy atom. The number of nitrogens with one attached hydrogen (secondary N) is 2. The summed E-state index contributed by atoms with van der Waals surface area (Å²) in [5.74, 6) is 0.316. The van der Waals surface area contributed by atoms with Crippen LogP contribution >= 0.6 is 0 Å². The molecule has 0 radical (unpaired) electrons. The van der Waals surface area contributed by atoms with Crippen molar-refractivity contribution in [1.82, 2.24) is 25.1 Å². The van der Waals surface area contributed by atoms with Gasteiger partial charge in [0.25, 0.3) is 11.5 Å². The minimum absolute atomic E-state index is 0.167. The molecule has 9 heteroatoms. The number of hydrogen-bond acceptors (Lipinski definition) is 6. The third kappa shape index (κ3) is 5.23. The highest BCUT2D eigenvalue weighted by Gasteiger charge is 2.20. The first-order chi connectivity index (χ1) is 15.5. The Morgan fingerprint density at radius 1 is 1.22 bits per heavy atom. The topological polar surface area (TPSA) is 105 Å². The first-order valence-corrected chi connectivity index (χ1v) is 10.8. The first kappa shape index (κ1) is 21.8. The highest BCUT2D eigenvalue weighted by molar-refractivity contribution is 5.94. The summed E-state index contributed by atoms with van der Waals surface area (Å²) in [6.07, 6.45) is 3.69. The summed E-state index contributed by atoms with van der Waals surface area (Å²) < 4.78 is 7.14. The van der Waals surface area contributed by atoms with Gasteiger partial charge in [0.1, 0.15) is 0 Å². The van der Waals surface area contributed by atoms with Crippen LogP contribution in [0.4, 0.5) is 5.95 Å². The fourth-order valence-electron chi connectivity index (χ4n) is 3.65. The van der Waals surface area contributed by atoms with Crippen LogP contribution < -0.4 is 15.8 Å². The summed E-state index contributed by atoms with van der Waals surface area (Å²) in [5, 5.41) is 7.35. The van der Waals surface area contributed by atoms with Gasteiger partial charge in [-0.1, -0.05) is 30.3 Å². The summed E-state index contributed by atoms with van der Waals surface area (Å²) in [6.45, 7) is 6.55. The Kier molecular flexibility index (Phi) is 6.65. The molecular formula is C23H28N6O3. The average Bonchev–Trinajstić information content (AvgIpc) is 3.30. The largest absolute Gasteiger partial charge is 0.378 e. The van der Waals surface area contributed by atoms with Gasteiger partial charge in [0.15, 0.2) is 0 Å². The lowest BCUT2D eigenvalue weighted by molar-refractivity contribution is 0.0936. The Labute approximate surface area is 186 Å². The van der Waals surface area contributed by atoms with E-state index >= 15 is 0 Å². The second-order valence-electron chi connectivity index (χ2n) is 8.10. The van der Waals surface area contributed by atoms with E-state index in [4.69, 9.17) is 4.74 Å². The minimum atomic E-state index is -0.349. The van der Waals surface area contributed by atoms with Gasteiger partial charge in [-0.2, -0.15) is 5.10 Å². The maximum atomic E-state index is 13.0. The SMILES string of the molecule is CC(C)n1cc(C(=O)N[C@H](Cc2cc(=O)[nH]c(N3CCOCC3)n2)c2ccccc2)cn1. The molecule has 168 valence electrons. The summed E-state index contributed by atoms with van der Waals surface area (Å²) in [4.78, 5) is 34.8. The number of morpholine rings is 1. The standard InChI is InChI=1S/C23H28N6O3/c1-16(2)29-15-18(14-24-29)22(31)26-20(17-6-4-3-5-7-17)12-19-13-21(30)27-23(25-19)28-8-10-32-11-9-28/h3-7,13-16,20H,8-12H2,1-2H3,(H,26,31)(H,25,27,30)/t20-/m1/s1. The van der Waals surface area contributed by atoms with Crippen molar-refractivity contribution >= 4 is 11.9 Å². The fraction of sp³-hybridized carbons (Fsp3) is 0.391. The molecule has 0 bridgehead atoms. The molecule has 1 aliphatic rings. The molecule has 0 spiro atoms. The van der Waals surface area contributed by atoms with Crippen LogP contribution in [0.5, 0.6) is 0 Å². The summed E-state index contributed by atoms with van der Waals surface area (Å²) in [6, 6.07) is 11.0. The number of anilines is 1. The molecule has 2 N–H and O–H groups in total. The van der Waals surface area contributed by atoms with E-state index in [0.717, 1.165) is 5.56 Å². The van der Waals surface area contributed by atoms with E-state index < -0.39 is 0 Å². The molecule has 1 saturated heterocycles. The molecule has 4 rings (SSSR count). The van der Waals surface area contributed by atoms with Gasteiger partial charge in [-0.25, -0.2) is 4.98 Å². The van der Waals surface area contributed by atoms with Crippen LogP contribution in [0.1, 0.15) is 47.5 Å². The monoisotopic (exact) mass is 436 g/mol. The van der Waals surface area contributed by atoms with E-state index in [1.165, 1.54) is 6.07 Å².